The first-order chi connectivity index (χ1) is 9.02. The van der Waals surface area contributed by atoms with Gasteiger partial charge in [-0.25, -0.2) is 4.98 Å². The second-order valence-electron chi connectivity index (χ2n) is 5.52. The molecule has 0 radical (unpaired) electrons. The summed E-state index contributed by atoms with van der Waals surface area (Å²) >= 11 is 0. The predicted molar refractivity (Wildman–Crippen MR) is 78.2 cm³/mol. The van der Waals surface area contributed by atoms with E-state index in [1.807, 2.05) is 18.2 Å². The largest absolute Gasteiger partial charge is 0.309 e. The van der Waals surface area contributed by atoms with Crippen LogP contribution in [0.4, 0.5) is 0 Å². The Morgan fingerprint density at radius 2 is 2.05 bits per heavy atom. The molecule has 1 heterocycles. The molecular formula is C15H21N3O. The molecule has 2 rings (SSSR count). The van der Waals surface area contributed by atoms with Crippen LogP contribution in [0.5, 0.6) is 0 Å². The number of para-hydroxylation sites is 1. The third-order valence-electron chi connectivity index (χ3n) is 3.27. The Morgan fingerprint density at radius 3 is 2.79 bits per heavy atom. The Balaban J connectivity index is 2.20. The van der Waals surface area contributed by atoms with Crippen LogP contribution in [0.2, 0.25) is 0 Å². The van der Waals surface area contributed by atoms with Gasteiger partial charge < -0.3 is 10.3 Å². The molecule has 0 amide bonds. The van der Waals surface area contributed by atoms with Gasteiger partial charge in [0.2, 0.25) is 0 Å². The van der Waals surface area contributed by atoms with Crippen molar-refractivity contribution in [2.75, 3.05) is 0 Å². The number of benzene rings is 1. The molecule has 0 bridgehead atoms. The first kappa shape index (κ1) is 13.7. The Morgan fingerprint density at radius 1 is 1.32 bits per heavy atom. The van der Waals surface area contributed by atoms with E-state index in [-0.39, 0.29) is 11.1 Å². The van der Waals surface area contributed by atoms with Gasteiger partial charge >= 0.3 is 0 Å². The summed E-state index contributed by atoms with van der Waals surface area (Å²) in [6, 6.07) is 7.40. The third kappa shape index (κ3) is 3.41. The first-order valence-electron chi connectivity index (χ1n) is 6.75. The smallest absolute Gasteiger partial charge is 0.258 e. The highest BCUT2D eigenvalue weighted by Gasteiger charge is 2.15. The lowest BCUT2D eigenvalue weighted by Gasteiger charge is -2.25. The fourth-order valence-corrected chi connectivity index (χ4v) is 2.25. The summed E-state index contributed by atoms with van der Waals surface area (Å²) in [7, 11) is 0. The summed E-state index contributed by atoms with van der Waals surface area (Å²) in [6.07, 6.45) is 2.21. The second kappa shape index (κ2) is 5.53. The average Bonchev–Trinajstić information content (AvgIpc) is 2.37. The summed E-state index contributed by atoms with van der Waals surface area (Å²) in [5.41, 5.74) is 0.728. The SMILES string of the molecule is CCCC(C)(C)NCc1nc2ccccc2c(=O)[nH]1. The van der Waals surface area contributed by atoms with Gasteiger partial charge in [-0.05, 0) is 32.4 Å². The fraction of sp³-hybridized carbons (Fsp3) is 0.467. The molecule has 0 spiro atoms. The van der Waals surface area contributed by atoms with Crippen LogP contribution in [-0.4, -0.2) is 15.5 Å². The van der Waals surface area contributed by atoms with Crippen LogP contribution >= 0.6 is 0 Å². The zero-order valence-electron chi connectivity index (χ0n) is 11.8. The van der Waals surface area contributed by atoms with Crippen LogP contribution in [0.1, 0.15) is 39.4 Å². The van der Waals surface area contributed by atoms with E-state index in [4.69, 9.17) is 0 Å². The number of rotatable bonds is 5. The number of H-pyrrole nitrogens is 1. The average molecular weight is 259 g/mol. The van der Waals surface area contributed by atoms with Crippen molar-refractivity contribution in [3.63, 3.8) is 0 Å². The summed E-state index contributed by atoms with van der Waals surface area (Å²) in [5, 5.41) is 4.07. The Hall–Kier alpha value is -1.68. The van der Waals surface area contributed by atoms with Gasteiger partial charge in [0.1, 0.15) is 5.82 Å². The van der Waals surface area contributed by atoms with Gasteiger partial charge in [-0.15, -0.1) is 0 Å². The van der Waals surface area contributed by atoms with Crippen molar-refractivity contribution in [1.82, 2.24) is 15.3 Å². The van der Waals surface area contributed by atoms with Gasteiger partial charge in [-0.3, -0.25) is 4.79 Å². The van der Waals surface area contributed by atoms with Crippen LogP contribution in [0.25, 0.3) is 10.9 Å². The Labute approximate surface area is 113 Å². The van der Waals surface area contributed by atoms with Crippen LogP contribution in [0.3, 0.4) is 0 Å². The number of nitrogens with one attached hydrogen (secondary N) is 2. The normalized spacial score (nSPS) is 11.9. The van der Waals surface area contributed by atoms with Crippen LogP contribution in [0.15, 0.2) is 29.1 Å². The standard InChI is InChI=1S/C15H21N3O/c1-4-9-15(2,3)16-10-13-17-12-8-6-5-7-11(12)14(19)18-13/h5-8,16H,4,9-10H2,1-3H3,(H,17,18,19). The van der Waals surface area contributed by atoms with Gasteiger partial charge in [0.05, 0.1) is 17.4 Å². The van der Waals surface area contributed by atoms with Crippen molar-refractivity contribution >= 4 is 10.9 Å². The minimum atomic E-state index is -0.0734. The predicted octanol–water partition coefficient (Wildman–Crippen LogP) is 2.59. The van der Waals surface area contributed by atoms with E-state index in [0.717, 1.165) is 18.4 Å². The number of nitrogens with zero attached hydrogens (tertiary/aromatic N) is 1. The molecule has 1 aromatic carbocycles. The zero-order chi connectivity index (χ0) is 13.9. The molecule has 0 saturated heterocycles. The molecule has 0 saturated carbocycles. The van der Waals surface area contributed by atoms with Crippen molar-refractivity contribution in [3.05, 3.63) is 40.4 Å². The van der Waals surface area contributed by atoms with E-state index in [2.05, 4.69) is 36.1 Å². The van der Waals surface area contributed by atoms with E-state index in [1.165, 1.54) is 0 Å². The van der Waals surface area contributed by atoms with Crippen LogP contribution in [0, 0.1) is 0 Å². The maximum absolute atomic E-state index is 11.9. The molecule has 0 atom stereocenters. The highest BCUT2D eigenvalue weighted by atomic mass is 16.1. The lowest BCUT2D eigenvalue weighted by atomic mass is 9.99. The van der Waals surface area contributed by atoms with Crippen molar-refractivity contribution in [1.29, 1.82) is 0 Å². The molecule has 0 fully saturated rings. The number of hydrogen-bond acceptors (Lipinski definition) is 3. The summed E-state index contributed by atoms with van der Waals surface area (Å²) in [5.74, 6) is 0.688. The zero-order valence-corrected chi connectivity index (χ0v) is 11.8. The number of fused-ring (bicyclic) bond motifs is 1. The van der Waals surface area contributed by atoms with E-state index in [0.29, 0.717) is 17.8 Å². The van der Waals surface area contributed by atoms with E-state index in [1.54, 1.807) is 6.07 Å². The monoisotopic (exact) mass is 259 g/mol. The van der Waals surface area contributed by atoms with Gasteiger partial charge in [-0.2, -0.15) is 0 Å². The minimum Gasteiger partial charge on any atom is -0.309 e. The van der Waals surface area contributed by atoms with Crippen molar-refractivity contribution in [2.24, 2.45) is 0 Å². The molecule has 2 N–H and O–H groups in total. The molecular weight excluding hydrogens is 238 g/mol. The molecule has 0 aliphatic heterocycles. The summed E-state index contributed by atoms with van der Waals surface area (Å²) in [4.78, 5) is 19.2. The summed E-state index contributed by atoms with van der Waals surface area (Å²) < 4.78 is 0. The number of aromatic nitrogens is 2. The molecule has 0 aliphatic carbocycles. The molecule has 0 aliphatic rings. The third-order valence-corrected chi connectivity index (χ3v) is 3.27. The fourth-order valence-electron chi connectivity index (χ4n) is 2.25. The van der Waals surface area contributed by atoms with Gasteiger partial charge in [-0.1, -0.05) is 25.5 Å². The second-order valence-corrected chi connectivity index (χ2v) is 5.52. The van der Waals surface area contributed by atoms with E-state index >= 15 is 0 Å². The van der Waals surface area contributed by atoms with Crippen molar-refractivity contribution in [3.8, 4) is 0 Å². The summed E-state index contributed by atoms with van der Waals surface area (Å²) in [6.45, 7) is 7.07. The van der Waals surface area contributed by atoms with E-state index in [9.17, 15) is 4.79 Å². The Kier molecular flexibility index (Phi) is 4.00. The van der Waals surface area contributed by atoms with Gasteiger partial charge in [0, 0.05) is 5.54 Å². The topological polar surface area (TPSA) is 57.8 Å². The number of aromatic amines is 1. The minimum absolute atomic E-state index is 0.0545. The van der Waals surface area contributed by atoms with E-state index < -0.39 is 0 Å². The maximum Gasteiger partial charge on any atom is 0.258 e. The van der Waals surface area contributed by atoms with Crippen LogP contribution < -0.4 is 10.9 Å². The Bertz CT molecular complexity index is 616. The van der Waals surface area contributed by atoms with Crippen molar-refractivity contribution in [2.45, 2.75) is 45.7 Å². The molecule has 1 aromatic heterocycles. The number of hydrogen-bond donors (Lipinski definition) is 2. The molecule has 19 heavy (non-hydrogen) atoms. The lowest BCUT2D eigenvalue weighted by molar-refractivity contribution is 0.353. The lowest BCUT2D eigenvalue weighted by Crippen LogP contribution is -2.39. The van der Waals surface area contributed by atoms with Crippen LogP contribution in [-0.2, 0) is 6.54 Å². The van der Waals surface area contributed by atoms with Gasteiger partial charge in [0.15, 0.2) is 0 Å². The maximum atomic E-state index is 11.9. The highest BCUT2D eigenvalue weighted by molar-refractivity contribution is 5.77. The van der Waals surface area contributed by atoms with Gasteiger partial charge in [0.25, 0.3) is 5.56 Å². The molecule has 4 heteroatoms. The molecule has 2 aromatic rings. The molecule has 0 unspecified atom stereocenters. The quantitative estimate of drug-likeness (QED) is 0.867. The molecule has 4 nitrogen and oxygen atoms in total. The highest BCUT2D eigenvalue weighted by Crippen LogP contribution is 2.11. The molecule has 102 valence electrons. The first-order valence-corrected chi connectivity index (χ1v) is 6.75. The van der Waals surface area contributed by atoms with Crippen molar-refractivity contribution < 1.29 is 0 Å².